The van der Waals surface area contributed by atoms with Gasteiger partial charge in [-0.2, -0.15) is 0 Å². The molecule has 1 heterocycles. The Balaban J connectivity index is 1.83. The van der Waals surface area contributed by atoms with Gasteiger partial charge in [-0.1, -0.05) is 56.3 Å². The molecule has 0 unspecified atom stereocenters. The summed E-state index contributed by atoms with van der Waals surface area (Å²) in [6.45, 7) is 11.4. The molecular weight excluding hydrogens is 422 g/mol. The van der Waals surface area contributed by atoms with E-state index in [2.05, 4.69) is 67.7 Å². The van der Waals surface area contributed by atoms with Gasteiger partial charge in [-0.25, -0.2) is 0 Å². The fourth-order valence-corrected chi connectivity index (χ4v) is 4.42. The Morgan fingerprint density at radius 1 is 1.09 bits per heavy atom. The molecule has 0 atom stereocenters. The van der Waals surface area contributed by atoms with Crippen LogP contribution in [0.3, 0.4) is 0 Å². The number of carbonyl (C=O) groups is 1. The van der Waals surface area contributed by atoms with E-state index in [4.69, 9.17) is 9.15 Å². The Morgan fingerprint density at radius 2 is 1.85 bits per heavy atom. The second kappa shape index (κ2) is 10.2. The van der Waals surface area contributed by atoms with Crippen LogP contribution in [0.2, 0.25) is 0 Å². The van der Waals surface area contributed by atoms with Gasteiger partial charge in [0.05, 0.1) is 12.9 Å². The van der Waals surface area contributed by atoms with E-state index in [1.807, 2.05) is 27.0 Å². The zero-order valence-corrected chi connectivity index (χ0v) is 20.7. The van der Waals surface area contributed by atoms with Crippen molar-refractivity contribution < 1.29 is 13.9 Å². The van der Waals surface area contributed by atoms with Crippen molar-refractivity contribution in [3.05, 3.63) is 72.0 Å². The number of allylic oxidation sites excluding steroid dienone is 1. The molecule has 0 saturated heterocycles. The van der Waals surface area contributed by atoms with Crippen LogP contribution in [-0.2, 0) is 4.79 Å². The summed E-state index contributed by atoms with van der Waals surface area (Å²) in [4.78, 5) is 12.6. The molecule has 0 aliphatic heterocycles. The van der Waals surface area contributed by atoms with Crippen LogP contribution in [0, 0.1) is 12.8 Å². The van der Waals surface area contributed by atoms with Gasteiger partial charge in [0, 0.05) is 34.7 Å². The molecule has 0 radical (unpaired) electrons. The first-order chi connectivity index (χ1) is 16.4. The number of fused-ring (bicyclic) bond motifs is 2. The first-order valence-electron chi connectivity index (χ1n) is 12.0. The highest BCUT2D eigenvalue weighted by Gasteiger charge is 2.20. The third-order valence-electron chi connectivity index (χ3n) is 6.21. The zero-order chi connectivity index (χ0) is 24.2. The fourth-order valence-electron chi connectivity index (χ4n) is 4.42. The van der Waals surface area contributed by atoms with Gasteiger partial charge in [0.1, 0.15) is 11.3 Å². The molecule has 1 amide bonds. The summed E-state index contributed by atoms with van der Waals surface area (Å²) in [6.07, 6.45) is 4.45. The molecule has 1 aromatic heterocycles. The first kappa shape index (κ1) is 23.6. The molecule has 1 N–H and O–H groups in total. The Hall–Kier alpha value is -3.53. The number of aryl methyl sites for hydroxylation is 1. The highest BCUT2D eigenvalue weighted by Crippen LogP contribution is 2.42. The summed E-state index contributed by atoms with van der Waals surface area (Å²) in [7, 11) is 0. The smallest absolute Gasteiger partial charge is 0.244 e. The lowest BCUT2D eigenvalue weighted by Gasteiger charge is -2.15. The molecule has 3 aromatic carbocycles. The number of hydrogen-bond acceptors (Lipinski definition) is 3. The molecule has 0 saturated carbocycles. The van der Waals surface area contributed by atoms with E-state index in [0.29, 0.717) is 19.1 Å². The van der Waals surface area contributed by atoms with Crippen molar-refractivity contribution in [2.24, 2.45) is 5.92 Å². The molecule has 0 spiro atoms. The van der Waals surface area contributed by atoms with Crippen LogP contribution in [-0.4, -0.2) is 19.1 Å². The molecular formula is C30H33NO3. The van der Waals surface area contributed by atoms with Crippen molar-refractivity contribution in [2.45, 2.75) is 41.0 Å². The summed E-state index contributed by atoms with van der Waals surface area (Å²) in [5.41, 5.74) is 5.68. The van der Waals surface area contributed by atoms with Crippen LogP contribution in [0.15, 0.2) is 65.3 Å². The molecule has 4 heteroatoms. The van der Waals surface area contributed by atoms with Crippen molar-refractivity contribution >= 4 is 33.2 Å². The molecule has 176 valence electrons. The van der Waals surface area contributed by atoms with Crippen molar-refractivity contribution in [2.75, 3.05) is 13.2 Å². The first-order valence-corrected chi connectivity index (χ1v) is 12.0. The zero-order valence-electron chi connectivity index (χ0n) is 20.7. The van der Waals surface area contributed by atoms with Crippen molar-refractivity contribution in [1.82, 2.24) is 5.32 Å². The predicted octanol–water partition coefficient (Wildman–Crippen LogP) is 7.53. The normalized spacial score (nSPS) is 12.0. The van der Waals surface area contributed by atoms with Gasteiger partial charge in [-0.15, -0.1) is 0 Å². The molecule has 4 nitrogen and oxygen atoms in total. The van der Waals surface area contributed by atoms with Gasteiger partial charge >= 0.3 is 0 Å². The number of amides is 1. The van der Waals surface area contributed by atoms with Crippen LogP contribution >= 0.6 is 0 Å². The van der Waals surface area contributed by atoms with E-state index in [1.54, 1.807) is 6.08 Å². The minimum atomic E-state index is -0.0835. The van der Waals surface area contributed by atoms with Crippen molar-refractivity contribution in [3.63, 3.8) is 0 Å². The molecule has 0 aliphatic rings. The maximum absolute atomic E-state index is 12.6. The van der Waals surface area contributed by atoms with E-state index in [1.165, 1.54) is 10.8 Å². The minimum Gasteiger partial charge on any atom is -0.493 e. The minimum absolute atomic E-state index is 0.0835. The maximum atomic E-state index is 12.6. The number of rotatable bonds is 8. The lowest BCUT2D eigenvalue weighted by atomic mass is 9.94. The van der Waals surface area contributed by atoms with Crippen molar-refractivity contribution in [1.29, 1.82) is 0 Å². The van der Waals surface area contributed by atoms with Gasteiger partial charge in [0.25, 0.3) is 0 Å². The standard InChI is InChI=1S/C30H33NO3/c1-6-33-29-21(5)30-26(17-25(29)20(4)16-28(32)31-15-14-19(2)3)27(18-34-30)24-13-9-11-22-10-7-8-12-23(22)24/h7-13,16-19H,6,14-15H2,1-5H3,(H,31,32)/b20-16+. The average molecular weight is 456 g/mol. The predicted molar refractivity (Wildman–Crippen MR) is 141 cm³/mol. The Labute approximate surface area is 201 Å². The summed E-state index contributed by atoms with van der Waals surface area (Å²) >= 11 is 0. The number of nitrogens with one attached hydrogen (secondary N) is 1. The largest absolute Gasteiger partial charge is 0.493 e. The molecule has 0 fully saturated rings. The molecule has 0 aliphatic carbocycles. The van der Waals surface area contributed by atoms with E-state index >= 15 is 0 Å². The Morgan fingerprint density at radius 3 is 2.62 bits per heavy atom. The summed E-state index contributed by atoms with van der Waals surface area (Å²) < 4.78 is 12.1. The van der Waals surface area contributed by atoms with Gasteiger partial charge < -0.3 is 14.5 Å². The van der Waals surface area contributed by atoms with Gasteiger partial charge in [-0.3, -0.25) is 4.79 Å². The number of hydrogen-bond donors (Lipinski definition) is 1. The summed E-state index contributed by atoms with van der Waals surface area (Å²) in [5.74, 6) is 1.23. The van der Waals surface area contributed by atoms with Crippen molar-refractivity contribution in [3.8, 4) is 16.9 Å². The van der Waals surface area contributed by atoms with Crippen LogP contribution < -0.4 is 10.1 Å². The molecule has 34 heavy (non-hydrogen) atoms. The topological polar surface area (TPSA) is 51.5 Å². The highest BCUT2D eigenvalue weighted by atomic mass is 16.5. The number of furan rings is 1. The SMILES string of the molecule is CCOc1c(/C(C)=C/C(=O)NCCC(C)C)cc2c(-c3cccc4ccccc34)coc2c1C. The van der Waals surface area contributed by atoms with E-state index in [0.717, 1.165) is 51.0 Å². The monoisotopic (exact) mass is 455 g/mol. The van der Waals surface area contributed by atoms with E-state index in [-0.39, 0.29) is 5.91 Å². The lowest BCUT2D eigenvalue weighted by Crippen LogP contribution is -2.23. The van der Waals surface area contributed by atoms with Gasteiger partial charge in [0.2, 0.25) is 5.91 Å². The van der Waals surface area contributed by atoms with Gasteiger partial charge in [0.15, 0.2) is 0 Å². The van der Waals surface area contributed by atoms with Crippen LogP contribution in [0.5, 0.6) is 5.75 Å². The van der Waals surface area contributed by atoms with Gasteiger partial charge in [-0.05, 0) is 61.1 Å². The van der Waals surface area contributed by atoms with E-state index in [9.17, 15) is 4.79 Å². The lowest BCUT2D eigenvalue weighted by molar-refractivity contribution is -0.116. The summed E-state index contributed by atoms with van der Waals surface area (Å²) in [5, 5.41) is 6.37. The summed E-state index contributed by atoms with van der Waals surface area (Å²) in [6, 6.07) is 16.8. The quantitative estimate of drug-likeness (QED) is 0.279. The highest BCUT2D eigenvalue weighted by molar-refractivity contribution is 6.07. The van der Waals surface area contributed by atoms with Crippen LogP contribution in [0.4, 0.5) is 0 Å². The second-order valence-corrected chi connectivity index (χ2v) is 9.16. The number of benzene rings is 3. The Bertz CT molecular complexity index is 1360. The number of ether oxygens (including phenoxy) is 1. The van der Waals surface area contributed by atoms with E-state index < -0.39 is 0 Å². The fraction of sp³-hybridized carbons (Fsp3) is 0.300. The molecule has 4 aromatic rings. The third kappa shape index (κ3) is 4.72. The average Bonchev–Trinajstić information content (AvgIpc) is 3.24. The molecule has 0 bridgehead atoms. The number of carbonyl (C=O) groups excluding carboxylic acids is 1. The second-order valence-electron chi connectivity index (χ2n) is 9.16. The maximum Gasteiger partial charge on any atom is 0.244 e. The Kier molecular flexibility index (Phi) is 7.06. The van der Waals surface area contributed by atoms with Crippen LogP contribution in [0.1, 0.15) is 45.2 Å². The molecule has 4 rings (SSSR count). The third-order valence-corrected chi connectivity index (χ3v) is 6.21. The van der Waals surface area contributed by atoms with Crippen LogP contribution in [0.25, 0.3) is 38.4 Å².